The van der Waals surface area contributed by atoms with E-state index in [1.807, 2.05) is 0 Å². The highest BCUT2D eigenvalue weighted by Gasteiger charge is 2.58. The number of carbonyl (C=O) groups is 2. The maximum Gasteiger partial charge on any atom is 0.354 e. The Labute approximate surface area is 133 Å². The fourth-order valence-corrected chi connectivity index (χ4v) is 7.97. The topological polar surface area (TPSA) is 101 Å². The third kappa shape index (κ3) is 2.59. The van der Waals surface area contributed by atoms with Crippen LogP contribution in [0.3, 0.4) is 0 Å². The summed E-state index contributed by atoms with van der Waals surface area (Å²) in [5, 5.41) is 18.8. The number of rotatable bonds is 4. The Bertz CT molecular complexity index is 523. The van der Waals surface area contributed by atoms with E-state index in [2.05, 4.69) is 0 Å². The Hall–Kier alpha value is -0.350. The van der Waals surface area contributed by atoms with E-state index in [0.29, 0.717) is 15.7 Å². The van der Waals surface area contributed by atoms with Crippen LogP contribution in [0.15, 0.2) is 9.93 Å². The van der Waals surface area contributed by atoms with Crippen LogP contribution in [-0.2, 0) is 20.8 Å². The summed E-state index contributed by atoms with van der Waals surface area (Å²) >= 11 is 1.93. The van der Waals surface area contributed by atoms with Crippen LogP contribution < -0.4 is 0 Å². The molecule has 5 atom stereocenters. The smallest absolute Gasteiger partial charge is 0.354 e. The van der Waals surface area contributed by atoms with E-state index in [1.165, 1.54) is 28.4 Å². The molecule has 2 fully saturated rings. The first-order valence-electron chi connectivity index (χ1n) is 6.57. The Morgan fingerprint density at radius 2 is 2.33 bits per heavy atom. The summed E-state index contributed by atoms with van der Waals surface area (Å²) in [6.07, 6.45) is 0.0109. The summed E-state index contributed by atoms with van der Waals surface area (Å²) in [5.74, 6) is -0.768. The van der Waals surface area contributed by atoms with Crippen molar-refractivity contribution in [2.45, 2.75) is 30.1 Å². The Kier molecular flexibility index (Phi) is 4.21. The minimum atomic E-state index is -1.12. The Balaban J connectivity index is 1.79. The zero-order valence-electron chi connectivity index (χ0n) is 11.2. The molecule has 0 unspecified atom stereocenters. The van der Waals surface area contributed by atoms with Gasteiger partial charge in [0.05, 0.1) is 21.5 Å². The molecular formula is C12H15NO5S3. The molecule has 3 rings (SSSR count). The van der Waals surface area contributed by atoms with Crippen LogP contribution in [-0.4, -0.2) is 59.8 Å². The first kappa shape index (κ1) is 15.5. The van der Waals surface area contributed by atoms with Crippen molar-refractivity contribution >= 4 is 46.6 Å². The van der Waals surface area contributed by atoms with Crippen molar-refractivity contribution in [1.82, 2.24) is 4.90 Å². The molecule has 0 aromatic rings. The first-order valence-corrected chi connectivity index (χ1v) is 9.82. The average molecular weight is 349 g/mol. The molecule has 6 nitrogen and oxygen atoms in total. The largest absolute Gasteiger partial charge is 0.616 e. The molecule has 0 radical (unpaired) electrons. The number of aliphatic hydroxyl groups excluding tert-OH is 1. The van der Waals surface area contributed by atoms with Crippen molar-refractivity contribution in [2.24, 2.45) is 5.92 Å². The van der Waals surface area contributed by atoms with E-state index in [9.17, 15) is 24.4 Å². The molecule has 0 aliphatic carbocycles. The number of carboxylic acids is 1. The average Bonchev–Trinajstić information content (AvgIpc) is 2.91. The van der Waals surface area contributed by atoms with Crippen LogP contribution in [0, 0.1) is 5.92 Å². The molecule has 0 aromatic carbocycles. The molecule has 9 heteroatoms. The molecule has 0 saturated carbocycles. The van der Waals surface area contributed by atoms with E-state index >= 15 is 0 Å². The SMILES string of the molecule is C[C@@H](O)[C@H]1C(=O)N2C(C(=O)O)=C(S[C@H]3CC[S@@+]([O-])C3)S[C@@H]12. The minimum Gasteiger partial charge on any atom is -0.616 e. The highest BCUT2D eigenvalue weighted by molar-refractivity contribution is 8.23. The lowest BCUT2D eigenvalue weighted by Crippen LogP contribution is -2.60. The number of nitrogens with zero attached hydrogens (tertiary/aromatic N) is 1. The molecular weight excluding hydrogens is 334 g/mol. The molecule has 2 N–H and O–H groups in total. The van der Waals surface area contributed by atoms with Crippen LogP contribution in [0.1, 0.15) is 13.3 Å². The van der Waals surface area contributed by atoms with Gasteiger partial charge in [-0.2, -0.15) is 0 Å². The predicted molar refractivity (Wildman–Crippen MR) is 81.9 cm³/mol. The highest BCUT2D eigenvalue weighted by Crippen LogP contribution is 2.55. The van der Waals surface area contributed by atoms with Crippen LogP contribution in [0.4, 0.5) is 0 Å². The number of amides is 1. The van der Waals surface area contributed by atoms with E-state index in [1.54, 1.807) is 6.92 Å². The van der Waals surface area contributed by atoms with Gasteiger partial charge in [0, 0.05) is 6.42 Å². The minimum absolute atomic E-state index is 0.0228. The maximum absolute atomic E-state index is 12.0. The van der Waals surface area contributed by atoms with Crippen molar-refractivity contribution in [3.63, 3.8) is 0 Å². The van der Waals surface area contributed by atoms with E-state index in [-0.39, 0.29) is 22.2 Å². The lowest BCUT2D eigenvalue weighted by Gasteiger charge is -2.43. The van der Waals surface area contributed by atoms with Crippen molar-refractivity contribution in [3.8, 4) is 0 Å². The van der Waals surface area contributed by atoms with Crippen LogP contribution in [0.2, 0.25) is 0 Å². The molecule has 116 valence electrons. The van der Waals surface area contributed by atoms with Gasteiger partial charge in [-0.1, -0.05) is 22.9 Å². The fourth-order valence-electron chi connectivity index (χ4n) is 2.71. The van der Waals surface area contributed by atoms with Gasteiger partial charge in [-0.05, 0) is 6.92 Å². The molecule has 2 saturated heterocycles. The van der Waals surface area contributed by atoms with Gasteiger partial charge in [-0.3, -0.25) is 9.69 Å². The number of hydrogen-bond donors (Lipinski definition) is 2. The number of fused-ring (bicyclic) bond motifs is 1. The Morgan fingerprint density at radius 3 is 2.86 bits per heavy atom. The van der Waals surface area contributed by atoms with E-state index < -0.39 is 29.2 Å². The molecule has 3 aliphatic rings. The number of aliphatic hydroxyl groups is 1. The first-order chi connectivity index (χ1) is 9.90. The van der Waals surface area contributed by atoms with Crippen LogP contribution in [0.5, 0.6) is 0 Å². The van der Waals surface area contributed by atoms with Crippen molar-refractivity contribution in [1.29, 1.82) is 0 Å². The summed E-state index contributed by atoms with van der Waals surface area (Å²) in [6.45, 7) is 1.55. The standard InChI is InChI=1S/C12H15NO5S3/c1-5(14)7-9(15)13-8(11(16)17)12(20-10(7)13)19-6-2-3-21(18)4-6/h5-7,10,14H,2-4H2,1H3,(H,16,17)/t5-,6+,7+,10+,21-/m1/s1. The number of carbonyl (C=O) groups excluding carboxylic acids is 1. The zero-order chi connectivity index (χ0) is 15.3. The van der Waals surface area contributed by atoms with Crippen molar-refractivity contribution < 1.29 is 24.4 Å². The highest BCUT2D eigenvalue weighted by atomic mass is 32.2. The van der Waals surface area contributed by atoms with Gasteiger partial charge in [-0.25, -0.2) is 4.79 Å². The van der Waals surface area contributed by atoms with Crippen LogP contribution in [0.25, 0.3) is 0 Å². The fraction of sp³-hybridized carbons (Fsp3) is 0.667. The second kappa shape index (κ2) is 5.69. The number of β-lactam (4-membered cyclic amide) rings is 1. The number of aliphatic carboxylic acids is 1. The van der Waals surface area contributed by atoms with Crippen molar-refractivity contribution in [3.05, 3.63) is 9.93 Å². The summed E-state index contributed by atoms with van der Waals surface area (Å²) < 4.78 is 12.0. The second-order valence-corrected chi connectivity index (χ2v) is 9.58. The number of carboxylic acid groups (broad SMARTS) is 1. The van der Waals surface area contributed by atoms with E-state index in [0.717, 1.165) is 6.42 Å². The molecule has 0 bridgehead atoms. The van der Waals surface area contributed by atoms with Crippen LogP contribution >= 0.6 is 23.5 Å². The van der Waals surface area contributed by atoms with Gasteiger partial charge in [0.1, 0.15) is 16.9 Å². The molecule has 3 heterocycles. The predicted octanol–water partition coefficient (Wildman–Crippen LogP) is 0.406. The zero-order valence-corrected chi connectivity index (χ0v) is 13.7. The number of thioether (sulfide) groups is 2. The monoisotopic (exact) mass is 349 g/mol. The van der Waals surface area contributed by atoms with Gasteiger partial charge in [0.2, 0.25) is 5.91 Å². The van der Waals surface area contributed by atoms with Crippen molar-refractivity contribution in [2.75, 3.05) is 11.5 Å². The molecule has 0 spiro atoms. The number of hydrogen-bond acceptors (Lipinski definition) is 6. The van der Waals surface area contributed by atoms with Gasteiger partial charge in [0.25, 0.3) is 0 Å². The summed E-state index contributed by atoms with van der Waals surface area (Å²) in [4.78, 5) is 24.8. The Morgan fingerprint density at radius 1 is 1.62 bits per heavy atom. The third-order valence-corrected chi connectivity index (χ3v) is 8.33. The third-order valence-electron chi connectivity index (χ3n) is 3.78. The van der Waals surface area contributed by atoms with E-state index in [4.69, 9.17) is 0 Å². The molecule has 21 heavy (non-hydrogen) atoms. The van der Waals surface area contributed by atoms with Gasteiger partial charge in [0.15, 0.2) is 5.70 Å². The van der Waals surface area contributed by atoms with Gasteiger partial charge < -0.3 is 14.8 Å². The normalized spacial score (nSPS) is 36.7. The molecule has 3 aliphatic heterocycles. The van der Waals surface area contributed by atoms with Gasteiger partial charge >= 0.3 is 5.97 Å². The maximum atomic E-state index is 12.0. The van der Waals surface area contributed by atoms with Gasteiger partial charge in [-0.15, -0.1) is 11.8 Å². The molecule has 1 amide bonds. The lowest BCUT2D eigenvalue weighted by atomic mass is 9.92. The summed E-state index contributed by atoms with van der Waals surface area (Å²) in [5.41, 5.74) is 0.0228. The molecule has 0 aromatic heterocycles. The second-order valence-electron chi connectivity index (χ2n) is 5.26. The summed E-state index contributed by atoms with van der Waals surface area (Å²) in [7, 11) is 0. The summed E-state index contributed by atoms with van der Waals surface area (Å²) in [6, 6.07) is 0. The lowest BCUT2D eigenvalue weighted by molar-refractivity contribution is -0.156. The quantitative estimate of drug-likeness (QED) is 0.560.